The SMILES string of the molecule is CCCCCSc1cc(CCCCC)c(CCCCC)s1. The molecule has 0 unspecified atom stereocenters. The van der Waals surface area contributed by atoms with Crippen LogP contribution in [0.5, 0.6) is 0 Å². The van der Waals surface area contributed by atoms with Gasteiger partial charge in [-0.1, -0.05) is 59.3 Å². The van der Waals surface area contributed by atoms with Crippen LogP contribution in [0.15, 0.2) is 10.3 Å². The molecule has 1 rings (SSSR count). The second-order valence-corrected chi connectivity index (χ2v) is 8.52. The van der Waals surface area contributed by atoms with E-state index in [1.54, 1.807) is 14.6 Å². The first-order valence-electron chi connectivity index (χ1n) is 9.06. The normalized spacial score (nSPS) is 11.2. The number of hydrogen-bond acceptors (Lipinski definition) is 2. The zero-order valence-corrected chi connectivity index (χ0v) is 16.0. The van der Waals surface area contributed by atoms with Crippen LogP contribution in [0.25, 0.3) is 0 Å². The quantitative estimate of drug-likeness (QED) is 0.267. The predicted molar refractivity (Wildman–Crippen MR) is 101 cm³/mol. The lowest BCUT2D eigenvalue weighted by Gasteiger charge is -2.03. The van der Waals surface area contributed by atoms with E-state index in [9.17, 15) is 0 Å². The first-order valence-corrected chi connectivity index (χ1v) is 10.9. The molecule has 1 aromatic heterocycles. The summed E-state index contributed by atoms with van der Waals surface area (Å²) in [4.78, 5) is 1.69. The van der Waals surface area contributed by atoms with Crippen LogP contribution in [0.4, 0.5) is 0 Å². The summed E-state index contributed by atoms with van der Waals surface area (Å²) in [6.07, 6.45) is 14.9. The molecule has 122 valence electrons. The first kappa shape index (κ1) is 19.1. The largest absolute Gasteiger partial charge is 0.134 e. The Morgan fingerprint density at radius 3 is 2.10 bits per heavy atom. The monoisotopic (exact) mass is 326 g/mol. The Balaban J connectivity index is 2.52. The molecule has 0 N–H and O–H groups in total. The van der Waals surface area contributed by atoms with Crippen LogP contribution in [-0.4, -0.2) is 5.75 Å². The number of thiophene rings is 1. The van der Waals surface area contributed by atoms with Gasteiger partial charge < -0.3 is 0 Å². The van der Waals surface area contributed by atoms with Crippen molar-refractivity contribution in [2.45, 2.75) is 95.6 Å². The van der Waals surface area contributed by atoms with Crippen molar-refractivity contribution in [2.24, 2.45) is 0 Å². The van der Waals surface area contributed by atoms with Gasteiger partial charge in [0.15, 0.2) is 0 Å². The maximum absolute atomic E-state index is 2.51. The van der Waals surface area contributed by atoms with Gasteiger partial charge in [0, 0.05) is 4.88 Å². The third-order valence-electron chi connectivity index (χ3n) is 3.92. The van der Waals surface area contributed by atoms with Crippen molar-refractivity contribution in [1.82, 2.24) is 0 Å². The van der Waals surface area contributed by atoms with Gasteiger partial charge in [-0.3, -0.25) is 0 Å². The molecule has 0 aromatic carbocycles. The Kier molecular flexibility index (Phi) is 11.4. The summed E-state index contributed by atoms with van der Waals surface area (Å²) in [6, 6.07) is 2.51. The minimum atomic E-state index is 1.30. The third kappa shape index (κ3) is 8.30. The standard InChI is InChI=1S/C19H34S2/c1-4-7-10-13-17-16-19(20-15-12-9-6-3)21-18(17)14-11-8-5-2/h16H,4-15H2,1-3H3. The molecule has 0 aliphatic carbocycles. The molecule has 0 fully saturated rings. The van der Waals surface area contributed by atoms with Crippen LogP contribution < -0.4 is 0 Å². The molecular formula is C19H34S2. The molecule has 0 bridgehead atoms. The second-order valence-electron chi connectivity index (χ2n) is 5.98. The number of hydrogen-bond donors (Lipinski definition) is 0. The molecule has 0 aliphatic rings. The lowest BCUT2D eigenvalue weighted by atomic mass is 10.1. The van der Waals surface area contributed by atoms with E-state index in [0.29, 0.717) is 0 Å². The zero-order valence-electron chi connectivity index (χ0n) is 14.4. The third-order valence-corrected chi connectivity index (χ3v) is 6.45. The molecular weight excluding hydrogens is 292 g/mol. The highest BCUT2D eigenvalue weighted by molar-refractivity contribution is 8.01. The van der Waals surface area contributed by atoms with E-state index in [4.69, 9.17) is 0 Å². The summed E-state index contributed by atoms with van der Waals surface area (Å²) < 4.78 is 1.57. The average Bonchev–Trinajstić information content (AvgIpc) is 2.87. The van der Waals surface area contributed by atoms with E-state index in [2.05, 4.69) is 49.9 Å². The highest BCUT2D eigenvalue weighted by Gasteiger charge is 2.09. The number of rotatable bonds is 13. The summed E-state index contributed by atoms with van der Waals surface area (Å²) in [5, 5.41) is 0. The van der Waals surface area contributed by atoms with Crippen molar-refractivity contribution in [3.8, 4) is 0 Å². The summed E-state index contributed by atoms with van der Waals surface area (Å²) in [5.41, 5.74) is 1.67. The van der Waals surface area contributed by atoms with Crippen molar-refractivity contribution >= 4 is 23.1 Å². The van der Waals surface area contributed by atoms with Gasteiger partial charge in [0.2, 0.25) is 0 Å². The van der Waals surface area contributed by atoms with E-state index in [1.165, 1.54) is 76.4 Å². The van der Waals surface area contributed by atoms with Gasteiger partial charge >= 0.3 is 0 Å². The van der Waals surface area contributed by atoms with E-state index in [-0.39, 0.29) is 0 Å². The summed E-state index contributed by atoms with van der Waals surface area (Å²) >= 11 is 4.18. The zero-order chi connectivity index (χ0) is 15.3. The minimum absolute atomic E-state index is 1.30. The fraction of sp³-hybridized carbons (Fsp3) is 0.789. The van der Waals surface area contributed by atoms with Crippen LogP contribution in [-0.2, 0) is 12.8 Å². The fourth-order valence-electron chi connectivity index (χ4n) is 2.56. The highest BCUT2D eigenvalue weighted by Crippen LogP contribution is 2.33. The smallest absolute Gasteiger partial charge is 0.0604 e. The van der Waals surface area contributed by atoms with Crippen LogP contribution in [0.1, 0.15) is 89.0 Å². The highest BCUT2D eigenvalue weighted by atomic mass is 32.2. The number of unbranched alkanes of at least 4 members (excludes halogenated alkanes) is 6. The first-order chi connectivity index (χ1) is 10.3. The van der Waals surface area contributed by atoms with Gasteiger partial charge in [-0.05, 0) is 49.5 Å². The topological polar surface area (TPSA) is 0 Å². The van der Waals surface area contributed by atoms with Gasteiger partial charge in [-0.2, -0.15) is 0 Å². The van der Waals surface area contributed by atoms with Gasteiger partial charge in [-0.15, -0.1) is 23.1 Å². The lowest BCUT2D eigenvalue weighted by molar-refractivity contribution is 0.699. The van der Waals surface area contributed by atoms with Crippen molar-refractivity contribution in [3.05, 3.63) is 16.5 Å². The summed E-state index contributed by atoms with van der Waals surface area (Å²) in [5.74, 6) is 1.30. The van der Waals surface area contributed by atoms with Crippen molar-refractivity contribution < 1.29 is 0 Å². The van der Waals surface area contributed by atoms with Crippen molar-refractivity contribution in [2.75, 3.05) is 5.75 Å². The summed E-state index contributed by atoms with van der Waals surface area (Å²) in [6.45, 7) is 6.88. The maximum Gasteiger partial charge on any atom is 0.0604 e. The molecule has 0 saturated carbocycles. The number of aryl methyl sites for hydroxylation is 2. The van der Waals surface area contributed by atoms with Crippen LogP contribution in [0.3, 0.4) is 0 Å². The Morgan fingerprint density at radius 2 is 1.43 bits per heavy atom. The Labute approximate surface area is 141 Å². The Bertz CT molecular complexity index is 327. The van der Waals surface area contributed by atoms with E-state index >= 15 is 0 Å². The molecule has 2 heteroatoms. The molecule has 0 atom stereocenters. The molecule has 21 heavy (non-hydrogen) atoms. The van der Waals surface area contributed by atoms with Crippen molar-refractivity contribution in [1.29, 1.82) is 0 Å². The van der Waals surface area contributed by atoms with Gasteiger partial charge in [0.05, 0.1) is 4.21 Å². The lowest BCUT2D eigenvalue weighted by Crippen LogP contribution is -1.90. The van der Waals surface area contributed by atoms with Crippen LogP contribution >= 0.6 is 23.1 Å². The number of thioether (sulfide) groups is 1. The van der Waals surface area contributed by atoms with Gasteiger partial charge in [-0.25, -0.2) is 0 Å². The molecule has 0 spiro atoms. The van der Waals surface area contributed by atoms with Crippen LogP contribution in [0.2, 0.25) is 0 Å². The molecule has 1 aromatic rings. The molecule has 0 amide bonds. The van der Waals surface area contributed by atoms with Gasteiger partial charge in [0.1, 0.15) is 0 Å². The molecule has 0 saturated heterocycles. The Morgan fingerprint density at radius 1 is 0.810 bits per heavy atom. The predicted octanol–water partition coefficient (Wildman–Crippen LogP) is 7.50. The van der Waals surface area contributed by atoms with Crippen molar-refractivity contribution in [3.63, 3.8) is 0 Å². The van der Waals surface area contributed by atoms with E-state index in [0.717, 1.165) is 0 Å². The van der Waals surface area contributed by atoms with E-state index in [1.807, 2.05) is 0 Å². The fourth-order valence-corrected chi connectivity index (χ4v) is 5.10. The minimum Gasteiger partial charge on any atom is -0.134 e. The second kappa shape index (κ2) is 12.6. The molecule has 1 heterocycles. The summed E-state index contributed by atoms with van der Waals surface area (Å²) in [7, 11) is 0. The Hall–Kier alpha value is 0.0500. The molecule has 0 aliphatic heterocycles. The maximum atomic E-state index is 2.51. The van der Waals surface area contributed by atoms with Gasteiger partial charge in [0.25, 0.3) is 0 Å². The van der Waals surface area contributed by atoms with E-state index < -0.39 is 0 Å². The molecule has 0 nitrogen and oxygen atoms in total. The van der Waals surface area contributed by atoms with Crippen LogP contribution in [0, 0.1) is 0 Å². The molecule has 0 radical (unpaired) electrons. The average molecular weight is 327 g/mol.